The summed E-state index contributed by atoms with van der Waals surface area (Å²) in [4.78, 5) is 4.09. The highest BCUT2D eigenvalue weighted by Gasteiger charge is 2.07. The molecule has 2 nitrogen and oxygen atoms in total. The minimum atomic E-state index is 0.202. The van der Waals surface area contributed by atoms with Gasteiger partial charge in [0.05, 0.1) is 16.4 Å². The Morgan fingerprint density at radius 3 is 2.50 bits per heavy atom. The van der Waals surface area contributed by atoms with Crippen molar-refractivity contribution in [3.05, 3.63) is 56.2 Å². The van der Waals surface area contributed by atoms with Gasteiger partial charge in [0.2, 0.25) is 0 Å². The third-order valence-corrected chi connectivity index (χ3v) is 4.21. The van der Waals surface area contributed by atoms with Crippen molar-refractivity contribution >= 4 is 49.1 Å². The summed E-state index contributed by atoms with van der Waals surface area (Å²) < 4.78 is 1.87. The average molecular weight is 391 g/mol. The highest BCUT2D eigenvalue weighted by atomic mass is 79.9. The first-order valence-electron chi connectivity index (χ1n) is 5.39. The molecule has 5 heteroatoms. The molecule has 0 amide bonds. The van der Waals surface area contributed by atoms with Crippen LogP contribution in [-0.2, 0) is 0 Å². The second-order valence-corrected chi connectivity index (χ2v) is 6.04. The van der Waals surface area contributed by atoms with Gasteiger partial charge in [-0.2, -0.15) is 0 Å². The Hall–Kier alpha value is -0.580. The molecule has 1 N–H and O–H groups in total. The summed E-state index contributed by atoms with van der Waals surface area (Å²) in [7, 11) is 0. The fourth-order valence-corrected chi connectivity index (χ4v) is 2.30. The van der Waals surface area contributed by atoms with E-state index < -0.39 is 0 Å². The maximum absolute atomic E-state index is 5.86. The SMILES string of the molecule is CC(Nc1cnc(Cl)c(Br)c1)c1ccc(Br)cc1. The van der Waals surface area contributed by atoms with Crippen LogP contribution in [0.4, 0.5) is 5.69 Å². The van der Waals surface area contributed by atoms with Gasteiger partial charge in [-0.05, 0) is 46.6 Å². The molecule has 1 aromatic carbocycles. The van der Waals surface area contributed by atoms with Gasteiger partial charge in [-0.25, -0.2) is 4.98 Å². The molecule has 18 heavy (non-hydrogen) atoms. The lowest BCUT2D eigenvalue weighted by molar-refractivity contribution is 0.882. The van der Waals surface area contributed by atoms with Crippen molar-refractivity contribution in [3.63, 3.8) is 0 Å². The number of anilines is 1. The second-order valence-electron chi connectivity index (χ2n) is 3.91. The Balaban J connectivity index is 2.13. The number of benzene rings is 1. The zero-order valence-corrected chi connectivity index (χ0v) is 13.6. The third kappa shape index (κ3) is 3.46. The average Bonchev–Trinajstić information content (AvgIpc) is 2.34. The molecule has 2 rings (SSSR count). The zero-order valence-electron chi connectivity index (χ0n) is 9.62. The van der Waals surface area contributed by atoms with E-state index in [1.54, 1.807) is 6.20 Å². The number of hydrogen-bond acceptors (Lipinski definition) is 2. The molecule has 0 saturated carbocycles. The van der Waals surface area contributed by atoms with Gasteiger partial charge in [-0.1, -0.05) is 39.7 Å². The second kappa shape index (κ2) is 6.04. The van der Waals surface area contributed by atoms with Crippen molar-refractivity contribution in [2.24, 2.45) is 0 Å². The fourth-order valence-electron chi connectivity index (χ4n) is 1.58. The van der Waals surface area contributed by atoms with E-state index in [2.05, 4.69) is 61.2 Å². The van der Waals surface area contributed by atoms with Gasteiger partial charge in [-0.3, -0.25) is 0 Å². The Kier molecular flexibility index (Phi) is 4.65. The van der Waals surface area contributed by atoms with Crippen LogP contribution in [0.25, 0.3) is 0 Å². The van der Waals surface area contributed by atoms with Crippen molar-refractivity contribution in [1.29, 1.82) is 0 Å². The number of halogens is 3. The number of nitrogens with one attached hydrogen (secondary N) is 1. The van der Waals surface area contributed by atoms with Crippen molar-refractivity contribution in [3.8, 4) is 0 Å². The molecule has 1 heterocycles. The van der Waals surface area contributed by atoms with Crippen molar-refractivity contribution in [2.45, 2.75) is 13.0 Å². The highest BCUT2D eigenvalue weighted by molar-refractivity contribution is 9.10. The molecule has 1 aromatic heterocycles. The number of hydrogen-bond donors (Lipinski definition) is 1. The van der Waals surface area contributed by atoms with Crippen LogP contribution >= 0.6 is 43.5 Å². The predicted octanol–water partition coefficient (Wildman–Crippen LogP) is 5.43. The van der Waals surface area contributed by atoms with Gasteiger partial charge in [0.1, 0.15) is 5.15 Å². The Labute approximate surface area is 128 Å². The summed E-state index contributed by atoms with van der Waals surface area (Å²) >= 11 is 12.6. The summed E-state index contributed by atoms with van der Waals surface area (Å²) in [6.45, 7) is 2.10. The highest BCUT2D eigenvalue weighted by Crippen LogP contribution is 2.26. The first kappa shape index (κ1) is 13.8. The summed E-state index contributed by atoms with van der Waals surface area (Å²) in [5, 5.41) is 3.85. The van der Waals surface area contributed by atoms with Gasteiger partial charge in [0, 0.05) is 10.5 Å². The monoisotopic (exact) mass is 388 g/mol. The largest absolute Gasteiger partial charge is 0.377 e. The molecular formula is C13H11Br2ClN2. The van der Waals surface area contributed by atoms with Crippen LogP contribution in [0.3, 0.4) is 0 Å². The molecule has 0 radical (unpaired) electrons. The van der Waals surface area contributed by atoms with E-state index >= 15 is 0 Å². The molecule has 0 saturated heterocycles. The topological polar surface area (TPSA) is 24.9 Å². The van der Waals surface area contributed by atoms with Crippen LogP contribution in [0.15, 0.2) is 45.5 Å². The predicted molar refractivity (Wildman–Crippen MR) is 83.1 cm³/mol. The van der Waals surface area contributed by atoms with E-state index in [9.17, 15) is 0 Å². The van der Waals surface area contributed by atoms with Crippen molar-refractivity contribution < 1.29 is 0 Å². The molecule has 0 aliphatic heterocycles. The molecule has 1 atom stereocenters. The molecule has 94 valence electrons. The Morgan fingerprint density at radius 1 is 1.22 bits per heavy atom. The number of nitrogens with zero attached hydrogens (tertiary/aromatic N) is 1. The van der Waals surface area contributed by atoms with E-state index in [1.807, 2.05) is 18.2 Å². The van der Waals surface area contributed by atoms with Crippen LogP contribution in [0, 0.1) is 0 Å². The Bertz CT molecular complexity index is 543. The van der Waals surface area contributed by atoms with Crippen LogP contribution in [0.2, 0.25) is 5.15 Å². The smallest absolute Gasteiger partial charge is 0.143 e. The minimum absolute atomic E-state index is 0.202. The first-order chi connectivity index (χ1) is 8.56. The summed E-state index contributed by atoms with van der Waals surface area (Å²) in [6, 6.07) is 10.4. The fraction of sp³-hybridized carbons (Fsp3) is 0.154. The van der Waals surface area contributed by atoms with E-state index in [1.165, 1.54) is 5.56 Å². The van der Waals surface area contributed by atoms with E-state index in [-0.39, 0.29) is 6.04 Å². The van der Waals surface area contributed by atoms with Crippen molar-refractivity contribution in [2.75, 3.05) is 5.32 Å². The number of aromatic nitrogens is 1. The number of rotatable bonds is 3. The van der Waals surface area contributed by atoms with Crippen LogP contribution in [-0.4, -0.2) is 4.98 Å². The van der Waals surface area contributed by atoms with E-state index in [0.29, 0.717) is 5.15 Å². The first-order valence-corrected chi connectivity index (χ1v) is 7.35. The van der Waals surface area contributed by atoms with Gasteiger partial charge in [-0.15, -0.1) is 0 Å². The molecule has 0 spiro atoms. The lowest BCUT2D eigenvalue weighted by atomic mass is 10.1. The molecule has 0 bridgehead atoms. The molecule has 0 aliphatic carbocycles. The van der Waals surface area contributed by atoms with E-state index in [0.717, 1.165) is 14.6 Å². The zero-order chi connectivity index (χ0) is 13.1. The molecule has 0 fully saturated rings. The lowest BCUT2D eigenvalue weighted by Gasteiger charge is -2.16. The standard InChI is InChI=1S/C13H11Br2ClN2/c1-8(9-2-4-10(14)5-3-9)18-11-6-12(15)13(16)17-7-11/h2-8,18H,1H3. The van der Waals surface area contributed by atoms with Gasteiger partial charge >= 0.3 is 0 Å². The molecule has 1 unspecified atom stereocenters. The third-order valence-electron chi connectivity index (χ3n) is 2.55. The molecule has 2 aromatic rings. The Morgan fingerprint density at radius 2 is 1.89 bits per heavy atom. The molecule has 0 aliphatic rings. The summed E-state index contributed by atoms with van der Waals surface area (Å²) in [5.41, 5.74) is 2.14. The lowest BCUT2D eigenvalue weighted by Crippen LogP contribution is -2.06. The van der Waals surface area contributed by atoms with Crippen molar-refractivity contribution in [1.82, 2.24) is 4.98 Å². The molecular weight excluding hydrogens is 379 g/mol. The van der Waals surface area contributed by atoms with Crippen LogP contribution in [0.1, 0.15) is 18.5 Å². The maximum Gasteiger partial charge on any atom is 0.143 e. The maximum atomic E-state index is 5.86. The van der Waals surface area contributed by atoms with Crippen LogP contribution < -0.4 is 5.32 Å². The van der Waals surface area contributed by atoms with Gasteiger partial charge in [0.15, 0.2) is 0 Å². The van der Waals surface area contributed by atoms with E-state index in [4.69, 9.17) is 11.6 Å². The quantitative estimate of drug-likeness (QED) is 0.707. The summed E-state index contributed by atoms with van der Waals surface area (Å²) in [5.74, 6) is 0. The van der Waals surface area contributed by atoms with Gasteiger partial charge < -0.3 is 5.32 Å². The van der Waals surface area contributed by atoms with Gasteiger partial charge in [0.25, 0.3) is 0 Å². The number of pyridine rings is 1. The summed E-state index contributed by atoms with van der Waals surface area (Å²) in [6.07, 6.45) is 1.72. The minimum Gasteiger partial charge on any atom is -0.377 e. The van der Waals surface area contributed by atoms with Crippen LogP contribution in [0.5, 0.6) is 0 Å². The normalized spacial score (nSPS) is 12.2.